The Labute approximate surface area is 141 Å². The first-order valence-corrected chi connectivity index (χ1v) is 8.97. The lowest BCUT2D eigenvalue weighted by atomic mass is 9.75. The first-order chi connectivity index (χ1) is 9.54. The summed E-state index contributed by atoms with van der Waals surface area (Å²) in [5.74, 6) is 0.581. The Morgan fingerprint density at radius 1 is 1.15 bits per heavy atom. The van der Waals surface area contributed by atoms with Crippen molar-refractivity contribution in [2.75, 3.05) is 12.4 Å². The van der Waals surface area contributed by atoms with Gasteiger partial charge in [0.1, 0.15) is 0 Å². The highest BCUT2D eigenvalue weighted by Gasteiger charge is 2.31. The van der Waals surface area contributed by atoms with E-state index >= 15 is 0 Å². The van der Waals surface area contributed by atoms with E-state index in [1.165, 1.54) is 19.3 Å². The van der Waals surface area contributed by atoms with Crippen molar-refractivity contribution in [2.24, 2.45) is 5.41 Å². The summed E-state index contributed by atoms with van der Waals surface area (Å²) in [4.78, 5) is 12.3. The molecule has 20 heavy (non-hydrogen) atoms. The number of hydrogen-bond donors (Lipinski definition) is 1. The van der Waals surface area contributed by atoms with E-state index in [-0.39, 0.29) is 11.3 Å². The number of rotatable bonds is 4. The standard InChI is InChI=1S/C15H18Br2ClNO/c16-12-6-11(7-13(17)8-12)14(20)19-10-15(9-18)4-2-1-3-5-15/h6-8H,1-5,9-10H2,(H,19,20). The highest BCUT2D eigenvalue weighted by atomic mass is 79.9. The number of amides is 1. The zero-order chi connectivity index (χ0) is 14.6. The average Bonchev–Trinajstić information content (AvgIpc) is 2.45. The molecule has 0 radical (unpaired) electrons. The molecule has 1 saturated carbocycles. The Morgan fingerprint density at radius 3 is 2.30 bits per heavy atom. The fourth-order valence-corrected chi connectivity index (χ4v) is 4.37. The molecule has 110 valence electrons. The van der Waals surface area contributed by atoms with Gasteiger partial charge in [0, 0.05) is 32.3 Å². The van der Waals surface area contributed by atoms with Crippen LogP contribution in [-0.4, -0.2) is 18.3 Å². The predicted molar refractivity (Wildman–Crippen MR) is 90.4 cm³/mol. The van der Waals surface area contributed by atoms with E-state index in [1.807, 2.05) is 18.2 Å². The maximum absolute atomic E-state index is 12.3. The van der Waals surface area contributed by atoms with Crippen LogP contribution in [0.5, 0.6) is 0 Å². The lowest BCUT2D eigenvalue weighted by Gasteiger charge is -2.35. The molecule has 0 bridgehead atoms. The van der Waals surface area contributed by atoms with E-state index in [9.17, 15) is 4.79 Å². The minimum absolute atomic E-state index is 0.0398. The smallest absolute Gasteiger partial charge is 0.251 e. The maximum atomic E-state index is 12.3. The molecule has 0 unspecified atom stereocenters. The zero-order valence-corrected chi connectivity index (χ0v) is 15.2. The van der Waals surface area contributed by atoms with Gasteiger partial charge in [-0.15, -0.1) is 11.6 Å². The quantitative estimate of drug-likeness (QED) is 0.669. The molecule has 1 aromatic rings. The van der Waals surface area contributed by atoms with Crippen molar-refractivity contribution < 1.29 is 4.79 Å². The summed E-state index contributed by atoms with van der Waals surface area (Å²) in [7, 11) is 0. The van der Waals surface area contributed by atoms with E-state index in [0.717, 1.165) is 21.8 Å². The number of benzene rings is 1. The van der Waals surface area contributed by atoms with Crippen LogP contribution in [-0.2, 0) is 0 Å². The molecule has 1 fully saturated rings. The topological polar surface area (TPSA) is 29.1 Å². The van der Waals surface area contributed by atoms with Crippen LogP contribution in [0, 0.1) is 5.41 Å². The fourth-order valence-electron chi connectivity index (χ4n) is 2.71. The highest BCUT2D eigenvalue weighted by Crippen LogP contribution is 2.36. The molecule has 2 rings (SSSR count). The summed E-state index contributed by atoms with van der Waals surface area (Å²) in [6, 6.07) is 5.57. The van der Waals surface area contributed by atoms with Crippen LogP contribution in [0.2, 0.25) is 0 Å². The summed E-state index contributed by atoms with van der Waals surface area (Å²) in [5, 5.41) is 3.05. The molecule has 0 heterocycles. The number of hydrogen-bond acceptors (Lipinski definition) is 1. The van der Waals surface area contributed by atoms with E-state index in [4.69, 9.17) is 11.6 Å². The molecule has 1 amide bonds. The van der Waals surface area contributed by atoms with E-state index in [2.05, 4.69) is 37.2 Å². The largest absolute Gasteiger partial charge is 0.351 e. The molecule has 5 heteroatoms. The monoisotopic (exact) mass is 421 g/mol. The van der Waals surface area contributed by atoms with Crippen LogP contribution in [0.25, 0.3) is 0 Å². The fraction of sp³-hybridized carbons (Fsp3) is 0.533. The van der Waals surface area contributed by atoms with Crippen molar-refractivity contribution in [2.45, 2.75) is 32.1 Å². The van der Waals surface area contributed by atoms with Gasteiger partial charge in [-0.1, -0.05) is 51.1 Å². The first kappa shape index (κ1) is 16.3. The van der Waals surface area contributed by atoms with Gasteiger partial charge < -0.3 is 5.32 Å². The van der Waals surface area contributed by atoms with Crippen LogP contribution in [0.4, 0.5) is 0 Å². The molecule has 2 nitrogen and oxygen atoms in total. The van der Waals surface area contributed by atoms with E-state index < -0.39 is 0 Å². The number of carbonyl (C=O) groups excluding carboxylic acids is 1. The van der Waals surface area contributed by atoms with Crippen molar-refractivity contribution in [3.05, 3.63) is 32.7 Å². The lowest BCUT2D eigenvalue weighted by molar-refractivity contribution is 0.0921. The second-order valence-electron chi connectivity index (χ2n) is 5.54. The van der Waals surface area contributed by atoms with Crippen LogP contribution in [0.3, 0.4) is 0 Å². The molecule has 1 aliphatic carbocycles. The van der Waals surface area contributed by atoms with Gasteiger partial charge in [-0.3, -0.25) is 4.79 Å². The number of alkyl halides is 1. The molecule has 0 spiro atoms. The molecular formula is C15H18Br2ClNO. The molecule has 0 saturated heterocycles. The first-order valence-electron chi connectivity index (χ1n) is 6.85. The predicted octanol–water partition coefficient (Wildman–Crippen LogP) is 5.13. The molecule has 1 aromatic carbocycles. The second-order valence-corrected chi connectivity index (χ2v) is 7.63. The highest BCUT2D eigenvalue weighted by molar-refractivity contribution is 9.11. The maximum Gasteiger partial charge on any atom is 0.251 e. The normalized spacial score (nSPS) is 17.8. The summed E-state index contributed by atoms with van der Waals surface area (Å²) in [5.41, 5.74) is 0.741. The Morgan fingerprint density at radius 2 is 1.75 bits per heavy atom. The van der Waals surface area contributed by atoms with E-state index in [1.54, 1.807) is 0 Å². The van der Waals surface area contributed by atoms with Crippen LogP contribution < -0.4 is 5.32 Å². The van der Waals surface area contributed by atoms with Gasteiger partial charge >= 0.3 is 0 Å². The third-order valence-corrected chi connectivity index (χ3v) is 5.43. The van der Waals surface area contributed by atoms with Crippen molar-refractivity contribution in [3.63, 3.8) is 0 Å². The third-order valence-electron chi connectivity index (χ3n) is 3.95. The van der Waals surface area contributed by atoms with Crippen molar-refractivity contribution >= 4 is 49.4 Å². The van der Waals surface area contributed by atoms with Gasteiger partial charge in [0.2, 0.25) is 0 Å². The van der Waals surface area contributed by atoms with Gasteiger partial charge in [0.15, 0.2) is 0 Å². The Bertz CT molecular complexity index is 467. The number of nitrogens with one attached hydrogen (secondary N) is 1. The summed E-state index contributed by atoms with van der Waals surface area (Å²) in [6.45, 7) is 0.666. The minimum Gasteiger partial charge on any atom is -0.351 e. The Hall–Kier alpha value is -0.0600. The minimum atomic E-state index is -0.0398. The molecule has 1 N–H and O–H groups in total. The van der Waals surface area contributed by atoms with E-state index in [0.29, 0.717) is 18.0 Å². The second kappa shape index (κ2) is 7.28. The average molecular weight is 424 g/mol. The van der Waals surface area contributed by atoms with Crippen LogP contribution in [0.15, 0.2) is 27.1 Å². The number of halogens is 3. The van der Waals surface area contributed by atoms with Crippen molar-refractivity contribution in [1.82, 2.24) is 5.32 Å². The Kier molecular flexibility index (Phi) is 5.94. The molecule has 0 aliphatic heterocycles. The number of carbonyl (C=O) groups is 1. The lowest BCUT2D eigenvalue weighted by Crippen LogP contribution is -2.40. The Balaban J connectivity index is 2.00. The van der Waals surface area contributed by atoms with Gasteiger partial charge in [0.05, 0.1) is 0 Å². The molecular weight excluding hydrogens is 405 g/mol. The summed E-state index contributed by atoms with van der Waals surface area (Å²) in [6.07, 6.45) is 5.93. The SMILES string of the molecule is O=C(NCC1(CCl)CCCCC1)c1cc(Br)cc(Br)c1. The summed E-state index contributed by atoms with van der Waals surface area (Å²) >= 11 is 13.0. The van der Waals surface area contributed by atoms with Crippen LogP contribution in [0.1, 0.15) is 42.5 Å². The van der Waals surface area contributed by atoms with Crippen LogP contribution >= 0.6 is 43.5 Å². The zero-order valence-electron chi connectivity index (χ0n) is 11.2. The van der Waals surface area contributed by atoms with Gasteiger partial charge in [-0.25, -0.2) is 0 Å². The molecule has 0 aromatic heterocycles. The molecule has 1 aliphatic rings. The van der Waals surface area contributed by atoms with Crippen molar-refractivity contribution in [1.29, 1.82) is 0 Å². The van der Waals surface area contributed by atoms with Gasteiger partial charge in [0.25, 0.3) is 5.91 Å². The van der Waals surface area contributed by atoms with Crippen molar-refractivity contribution in [3.8, 4) is 0 Å². The van der Waals surface area contributed by atoms with Gasteiger partial charge in [-0.2, -0.15) is 0 Å². The molecule has 0 atom stereocenters. The van der Waals surface area contributed by atoms with Gasteiger partial charge in [-0.05, 0) is 31.0 Å². The summed E-state index contributed by atoms with van der Waals surface area (Å²) < 4.78 is 1.78. The third kappa shape index (κ3) is 4.22.